The van der Waals surface area contributed by atoms with Gasteiger partial charge in [-0.3, -0.25) is 0 Å². The predicted octanol–water partition coefficient (Wildman–Crippen LogP) is 2.37. The average Bonchev–Trinajstić information content (AvgIpc) is 3.10. The normalized spacial score (nSPS) is 19.3. The Bertz CT molecular complexity index is 996. The van der Waals surface area contributed by atoms with Gasteiger partial charge in [0.2, 0.25) is 5.95 Å². The Morgan fingerprint density at radius 1 is 1.24 bits per heavy atom. The lowest BCUT2D eigenvalue weighted by molar-refractivity contribution is 0.371. The minimum Gasteiger partial charge on any atom is -0.504 e. The van der Waals surface area contributed by atoms with Gasteiger partial charge in [-0.05, 0) is 31.7 Å². The van der Waals surface area contributed by atoms with Crippen LogP contribution in [0.4, 0.5) is 11.8 Å². The first-order valence-electron chi connectivity index (χ1n) is 9.85. The number of hydrogen-bond donors (Lipinski definition) is 4. The predicted molar refractivity (Wildman–Crippen MR) is 112 cm³/mol. The van der Waals surface area contributed by atoms with Crippen molar-refractivity contribution in [2.75, 3.05) is 17.7 Å². The van der Waals surface area contributed by atoms with Crippen LogP contribution >= 0.6 is 0 Å². The second-order valence-corrected chi connectivity index (χ2v) is 7.50. The zero-order valence-electron chi connectivity index (χ0n) is 16.7. The van der Waals surface area contributed by atoms with E-state index in [1.165, 1.54) is 7.11 Å². The molecule has 154 valence electrons. The summed E-state index contributed by atoms with van der Waals surface area (Å²) in [5.74, 6) is 1.74. The second-order valence-electron chi connectivity index (χ2n) is 7.50. The number of nitrogens with zero attached hydrogens (tertiary/aromatic N) is 4. The highest BCUT2D eigenvalue weighted by Gasteiger charge is 2.20. The zero-order chi connectivity index (χ0) is 20.4. The van der Waals surface area contributed by atoms with Crippen molar-refractivity contribution < 1.29 is 9.84 Å². The molecule has 0 atom stereocenters. The average molecular weight is 397 g/mol. The van der Waals surface area contributed by atoms with Gasteiger partial charge in [-0.2, -0.15) is 9.97 Å². The topological polar surface area (TPSA) is 123 Å². The molecule has 29 heavy (non-hydrogen) atoms. The lowest BCUT2D eigenvalue weighted by Gasteiger charge is -2.26. The molecule has 0 spiro atoms. The van der Waals surface area contributed by atoms with Crippen LogP contribution < -0.4 is 21.1 Å². The van der Waals surface area contributed by atoms with Crippen LogP contribution in [0.5, 0.6) is 11.5 Å². The van der Waals surface area contributed by atoms with E-state index in [0.29, 0.717) is 47.2 Å². The van der Waals surface area contributed by atoms with E-state index in [1.807, 2.05) is 23.7 Å². The Morgan fingerprint density at radius 3 is 2.79 bits per heavy atom. The van der Waals surface area contributed by atoms with Gasteiger partial charge < -0.3 is 30.8 Å². The van der Waals surface area contributed by atoms with Gasteiger partial charge in [0.1, 0.15) is 0 Å². The molecule has 1 fully saturated rings. The Hall–Kier alpha value is -3.07. The number of methoxy groups -OCH3 is 1. The number of phenols is 1. The van der Waals surface area contributed by atoms with Crippen LogP contribution in [0.2, 0.25) is 0 Å². The molecule has 2 aromatic heterocycles. The van der Waals surface area contributed by atoms with Crippen LogP contribution in [0.1, 0.15) is 31.2 Å². The van der Waals surface area contributed by atoms with E-state index in [0.717, 1.165) is 31.3 Å². The van der Waals surface area contributed by atoms with Gasteiger partial charge in [0, 0.05) is 31.2 Å². The molecule has 0 amide bonds. The van der Waals surface area contributed by atoms with E-state index in [-0.39, 0.29) is 5.75 Å². The van der Waals surface area contributed by atoms with Crippen molar-refractivity contribution >= 4 is 22.9 Å². The van der Waals surface area contributed by atoms with Gasteiger partial charge >= 0.3 is 0 Å². The van der Waals surface area contributed by atoms with Gasteiger partial charge in [0.25, 0.3) is 0 Å². The van der Waals surface area contributed by atoms with Gasteiger partial charge in [-0.1, -0.05) is 12.1 Å². The maximum Gasteiger partial charge on any atom is 0.227 e. The fourth-order valence-corrected chi connectivity index (χ4v) is 3.69. The molecule has 2 heterocycles. The summed E-state index contributed by atoms with van der Waals surface area (Å²) in [4.78, 5) is 13.7. The number of aryl methyl sites for hydroxylation is 1. The molecular weight excluding hydrogens is 370 g/mol. The molecule has 0 unspecified atom stereocenters. The third-order valence-corrected chi connectivity index (χ3v) is 5.41. The minimum absolute atomic E-state index is 0.116. The molecule has 0 bridgehead atoms. The summed E-state index contributed by atoms with van der Waals surface area (Å²) in [6.45, 7) is 0.378. The maximum absolute atomic E-state index is 10.3. The first-order chi connectivity index (χ1) is 14.0. The fraction of sp³-hybridized carbons (Fsp3) is 0.450. The van der Waals surface area contributed by atoms with E-state index < -0.39 is 0 Å². The number of aromatic nitrogens is 4. The van der Waals surface area contributed by atoms with Crippen LogP contribution in [0.3, 0.4) is 0 Å². The Kier molecular flexibility index (Phi) is 5.39. The number of phenolic OH excluding ortho intramolecular Hbond substituents is 1. The van der Waals surface area contributed by atoms with E-state index in [4.69, 9.17) is 10.5 Å². The highest BCUT2D eigenvalue weighted by Crippen LogP contribution is 2.30. The number of hydrogen-bond acceptors (Lipinski definition) is 8. The summed E-state index contributed by atoms with van der Waals surface area (Å²) >= 11 is 0. The van der Waals surface area contributed by atoms with Crippen molar-refractivity contribution in [3.05, 3.63) is 30.1 Å². The lowest BCUT2D eigenvalue weighted by Crippen LogP contribution is -2.33. The molecule has 1 aromatic carbocycles. The molecule has 0 saturated heterocycles. The van der Waals surface area contributed by atoms with Crippen molar-refractivity contribution in [2.45, 2.75) is 44.3 Å². The summed E-state index contributed by atoms with van der Waals surface area (Å²) in [6, 6.07) is 6.01. The molecule has 9 nitrogen and oxygen atoms in total. The van der Waals surface area contributed by atoms with E-state index in [9.17, 15) is 5.11 Å². The summed E-state index contributed by atoms with van der Waals surface area (Å²) in [7, 11) is 3.44. The number of imidazole rings is 1. The number of nitrogens with one attached hydrogen (secondary N) is 2. The summed E-state index contributed by atoms with van der Waals surface area (Å²) < 4.78 is 7.05. The molecule has 1 saturated carbocycles. The van der Waals surface area contributed by atoms with E-state index >= 15 is 0 Å². The van der Waals surface area contributed by atoms with E-state index in [1.54, 1.807) is 12.4 Å². The van der Waals surface area contributed by atoms with Gasteiger partial charge in [-0.25, -0.2) is 4.98 Å². The number of ether oxygens (including phenoxy) is 1. The van der Waals surface area contributed by atoms with Crippen molar-refractivity contribution in [3.8, 4) is 11.5 Å². The maximum atomic E-state index is 10.3. The minimum atomic E-state index is 0.116. The largest absolute Gasteiger partial charge is 0.504 e. The Balaban J connectivity index is 1.58. The highest BCUT2D eigenvalue weighted by atomic mass is 16.5. The number of nitrogens with two attached hydrogens (primary N) is 1. The van der Waals surface area contributed by atoms with Crippen LogP contribution in [-0.4, -0.2) is 43.8 Å². The number of fused-ring (bicyclic) bond motifs is 1. The number of benzene rings is 1. The third-order valence-electron chi connectivity index (χ3n) is 5.41. The number of rotatable bonds is 6. The van der Waals surface area contributed by atoms with Crippen LogP contribution in [0.15, 0.2) is 24.5 Å². The van der Waals surface area contributed by atoms with Gasteiger partial charge in [-0.15, -0.1) is 0 Å². The molecule has 0 radical (unpaired) electrons. The van der Waals surface area contributed by atoms with Crippen molar-refractivity contribution in [3.63, 3.8) is 0 Å². The molecule has 9 heteroatoms. The highest BCUT2D eigenvalue weighted by molar-refractivity contribution is 5.84. The van der Waals surface area contributed by atoms with Crippen molar-refractivity contribution in [2.24, 2.45) is 12.8 Å². The Labute approximate surface area is 169 Å². The molecular formula is C20H27N7O2. The first-order valence-corrected chi connectivity index (χ1v) is 9.85. The fourth-order valence-electron chi connectivity index (χ4n) is 3.69. The SMILES string of the molecule is COc1cccc(CNc2nc(NC3CCC(N)CC3)nc3c2ncn3C)c1O. The third kappa shape index (κ3) is 4.04. The van der Waals surface area contributed by atoms with Gasteiger partial charge in [0.15, 0.2) is 28.5 Å². The van der Waals surface area contributed by atoms with Gasteiger partial charge in [0.05, 0.1) is 13.4 Å². The molecule has 3 aromatic rings. The lowest BCUT2D eigenvalue weighted by atomic mass is 9.92. The molecule has 1 aliphatic carbocycles. The van der Waals surface area contributed by atoms with E-state index in [2.05, 4.69) is 25.6 Å². The molecule has 0 aliphatic heterocycles. The number of para-hydroxylation sites is 1. The monoisotopic (exact) mass is 397 g/mol. The standard InChI is InChI=1S/C20H27N7O2/c1-27-11-23-16-18(22-10-12-4-3-5-15(29-2)17(12)28)25-20(26-19(16)27)24-14-8-6-13(21)7-9-14/h3-5,11,13-14,28H,6-10,21H2,1-2H3,(H2,22,24,25,26). The van der Waals surface area contributed by atoms with Crippen LogP contribution in [-0.2, 0) is 13.6 Å². The van der Waals surface area contributed by atoms with Crippen molar-refractivity contribution in [1.82, 2.24) is 19.5 Å². The molecule has 1 aliphatic rings. The zero-order valence-corrected chi connectivity index (χ0v) is 16.7. The number of anilines is 2. The smallest absolute Gasteiger partial charge is 0.227 e. The second kappa shape index (κ2) is 8.12. The molecule has 4 rings (SSSR count). The molecule has 5 N–H and O–H groups in total. The Morgan fingerprint density at radius 2 is 2.03 bits per heavy atom. The van der Waals surface area contributed by atoms with Crippen molar-refractivity contribution in [1.29, 1.82) is 0 Å². The summed E-state index contributed by atoms with van der Waals surface area (Å²) in [5.41, 5.74) is 8.15. The quantitative estimate of drug-likeness (QED) is 0.500. The number of aromatic hydroxyl groups is 1. The summed E-state index contributed by atoms with van der Waals surface area (Å²) in [6.07, 6.45) is 5.75. The van der Waals surface area contributed by atoms with Crippen LogP contribution in [0, 0.1) is 0 Å². The first kappa shape index (κ1) is 19.3. The van der Waals surface area contributed by atoms with Crippen LogP contribution in [0.25, 0.3) is 11.2 Å². The summed E-state index contributed by atoms with van der Waals surface area (Å²) in [5, 5.41) is 17.1.